The van der Waals surface area contributed by atoms with Crippen molar-refractivity contribution in [1.82, 2.24) is 15.1 Å². The first-order chi connectivity index (χ1) is 15.4. The maximum atomic E-state index is 12.8. The van der Waals surface area contributed by atoms with Gasteiger partial charge in [0.2, 0.25) is 0 Å². The number of nitrogens with zero attached hydrogens (tertiary/aromatic N) is 3. The van der Waals surface area contributed by atoms with Crippen LogP contribution in [0.25, 0.3) is 0 Å². The molecule has 9 nitrogen and oxygen atoms in total. The number of rotatable bonds is 5. The summed E-state index contributed by atoms with van der Waals surface area (Å²) in [6.45, 7) is 3.74. The van der Waals surface area contributed by atoms with Crippen molar-refractivity contribution in [3.05, 3.63) is 30.3 Å². The predicted octanol–water partition coefficient (Wildman–Crippen LogP) is 1.38. The fraction of sp³-hybridized carbons (Fsp3) is 0.565. The molecule has 172 valence electrons. The van der Waals surface area contributed by atoms with E-state index in [-0.39, 0.29) is 11.8 Å². The Morgan fingerprint density at radius 2 is 1.72 bits per heavy atom. The SMILES string of the molecule is CC1CCC2(CC1)NC(=O)N(CC(=O)OCC(=O)N1CCN(c3ccccc3)CC1)C2=O. The molecule has 0 radical (unpaired) electrons. The number of esters is 1. The van der Waals surface area contributed by atoms with Gasteiger partial charge >= 0.3 is 12.0 Å². The molecule has 1 aromatic rings. The minimum Gasteiger partial charge on any atom is -0.454 e. The minimum absolute atomic E-state index is 0.277. The van der Waals surface area contributed by atoms with Crippen LogP contribution >= 0.6 is 0 Å². The number of para-hydroxylation sites is 1. The molecule has 2 saturated heterocycles. The summed E-state index contributed by atoms with van der Waals surface area (Å²) >= 11 is 0. The molecular weight excluding hydrogens is 412 g/mol. The lowest BCUT2D eigenvalue weighted by Gasteiger charge is -2.36. The second kappa shape index (κ2) is 9.18. The average molecular weight is 443 g/mol. The number of piperazine rings is 1. The van der Waals surface area contributed by atoms with Crippen LogP contribution in [0, 0.1) is 5.92 Å². The Morgan fingerprint density at radius 3 is 2.38 bits per heavy atom. The van der Waals surface area contributed by atoms with Crippen molar-refractivity contribution >= 4 is 29.5 Å². The summed E-state index contributed by atoms with van der Waals surface area (Å²) < 4.78 is 5.10. The summed E-state index contributed by atoms with van der Waals surface area (Å²) in [4.78, 5) is 54.6. The largest absolute Gasteiger partial charge is 0.454 e. The standard InChI is InChI=1S/C23H30N4O5/c1-17-7-9-23(10-8-17)21(30)27(22(31)24-23)15-20(29)32-16-19(28)26-13-11-25(12-14-26)18-5-3-2-4-6-18/h2-6,17H,7-16H2,1H3,(H,24,31). The van der Waals surface area contributed by atoms with Crippen LogP contribution in [-0.2, 0) is 19.1 Å². The van der Waals surface area contributed by atoms with Crippen LogP contribution in [-0.4, -0.2) is 78.5 Å². The molecule has 2 heterocycles. The summed E-state index contributed by atoms with van der Waals surface area (Å²) in [5.41, 5.74) is 0.225. The highest BCUT2D eigenvalue weighted by molar-refractivity contribution is 6.08. The minimum atomic E-state index is -0.891. The number of anilines is 1. The molecule has 4 amide bonds. The molecule has 1 saturated carbocycles. The topological polar surface area (TPSA) is 99.3 Å². The van der Waals surface area contributed by atoms with Gasteiger partial charge in [-0.05, 0) is 43.7 Å². The van der Waals surface area contributed by atoms with Crippen LogP contribution in [0.1, 0.15) is 32.6 Å². The number of hydrogen-bond acceptors (Lipinski definition) is 6. The van der Waals surface area contributed by atoms with Crippen LogP contribution < -0.4 is 10.2 Å². The number of urea groups is 1. The molecule has 32 heavy (non-hydrogen) atoms. The molecule has 1 aliphatic carbocycles. The number of amides is 4. The second-order valence-corrected chi connectivity index (χ2v) is 8.95. The van der Waals surface area contributed by atoms with Crippen LogP contribution in [0.2, 0.25) is 0 Å². The summed E-state index contributed by atoms with van der Waals surface area (Å²) in [6, 6.07) is 9.43. The molecule has 4 rings (SSSR count). The Bertz CT molecular complexity index is 874. The van der Waals surface area contributed by atoms with Gasteiger partial charge in [0.1, 0.15) is 12.1 Å². The lowest BCUT2D eigenvalue weighted by molar-refractivity contribution is -0.154. The first-order valence-electron chi connectivity index (χ1n) is 11.3. The van der Waals surface area contributed by atoms with Crippen LogP contribution in [0.4, 0.5) is 10.5 Å². The molecule has 9 heteroatoms. The van der Waals surface area contributed by atoms with Gasteiger partial charge in [0.05, 0.1) is 0 Å². The molecule has 0 bridgehead atoms. The summed E-state index contributed by atoms with van der Waals surface area (Å²) in [6.07, 6.45) is 2.88. The number of carbonyl (C=O) groups excluding carboxylic acids is 4. The number of ether oxygens (including phenoxy) is 1. The van der Waals surface area contributed by atoms with Gasteiger partial charge in [0, 0.05) is 31.9 Å². The number of carbonyl (C=O) groups is 4. The van der Waals surface area contributed by atoms with Gasteiger partial charge in [0.15, 0.2) is 6.61 Å². The molecule has 0 aromatic heterocycles. The van der Waals surface area contributed by atoms with Crippen LogP contribution in [0.3, 0.4) is 0 Å². The zero-order chi connectivity index (χ0) is 22.7. The maximum absolute atomic E-state index is 12.8. The molecule has 2 aliphatic heterocycles. The van der Waals surface area contributed by atoms with Gasteiger partial charge in [-0.3, -0.25) is 19.3 Å². The Kier molecular flexibility index (Phi) is 6.34. The van der Waals surface area contributed by atoms with E-state index in [1.54, 1.807) is 4.90 Å². The van der Waals surface area contributed by atoms with E-state index >= 15 is 0 Å². The summed E-state index contributed by atoms with van der Waals surface area (Å²) in [5.74, 6) is -0.883. The molecule has 1 N–H and O–H groups in total. The third kappa shape index (κ3) is 4.56. The van der Waals surface area contributed by atoms with Gasteiger partial charge in [0.25, 0.3) is 11.8 Å². The molecule has 3 aliphatic rings. The highest BCUT2D eigenvalue weighted by atomic mass is 16.5. The van der Waals surface area contributed by atoms with Gasteiger partial charge in [-0.1, -0.05) is 25.1 Å². The van der Waals surface area contributed by atoms with E-state index < -0.39 is 30.7 Å². The second-order valence-electron chi connectivity index (χ2n) is 8.95. The van der Waals surface area contributed by atoms with Crippen LogP contribution in [0.15, 0.2) is 30.3 Å². The molecule has 0 unspecified atom stereocenters. The third-order valence-electron chi connectivity index (χ3n) is 6.77. The monoisotopic (exact) mass is 442 g/mol. The van der Waals surface area contributed by atoms with Crippen molar-refractivity contribution in [2.45, 2.75) is 38.1 Å². The third-order valence-corrected chi connectivity index (χ3v) is 6.77. The Labute approximate surface area is 187 Å². The average Bonchev–Trinajstić information content (AvgIpc) is 3.04. The van der Waals surface area contributed by atoms with Crippen molar-refractivity contribution in [1.29, 1.82) is 0 Å². The van der Waals surface area contributed by atoms with E-state index in [4.69, 9.17) is 4.74 Å². The number of hydrogen-bond donors (Lipinski definition) is 1. The van der Waals surface area contributed by atoms with Gasteiger partial charge in [-0.2, -0.15) is 0 Å². The molecule has 1 spiro atoms. The van der Waals surface area contributed by atoms with E-state index in [0.717, 1.165) is 23.4 Å². The quantitative estimate of drug-likeness (QED) is 0.546. The molecule has 3 fully saturated rings. The first kappa shape index (κ1) is 22.1. The maximum Gasteiger partial charge on any atom is 0.326 e. The lowest BCUT2D eigenvalue weighted by Crippen LogP contribution is -2.50. The number of nitrogens with one attached hydrogen (secondary N) is 1. The lowest BCUT2D eigenvalue weighted by atomic mass is 9.77. The van der Waals surface area contributed by atoms with Crippen molar-refractivity contribution in [2.24, 2.45) is 5.92 Å². The fourth-order valence-corrected chi connectivity index (χ4v) is 4.67. The van der Waals surface area contributed by atoms with E-state index in [0.29, 0.717) is 44.9 Å². The van der Waals surface area contributed by atoms with Crippen molar-refractivity contribution in [3.63, 3.8) is 0 Å². The van der Waals surface area contributed by atoms with Crippen molar-refractivity contribution < 1.29 is 23.9 Å². The van der Waals surface area contributed by atoms with E-state index in [2.05, 4.69) is 17.1 Å². The van der Waals surface area contributed by atoms with Crippen molar-refractivity contribution in [2.75, 3.05) is 44.2 Å². The van der Waals surface area contributed by atoms with E-state index in [1.165, 1.54) is 0 Å². The summed E-state index contributed by atoms with van der Waals surface area (Å²) in [5, 5.41) is 2.78. The highest BCUT2D eigenvalue weighted by Crippen LogP contribution is 2.36. The number of imide groups is 1. The zero-order valence-corrected chi connectivity index (χ0v) is 18.4. The van der Waals surface area contributed by atoms with Gasteiger partial charge in [-0.15, -0.1) is 0 Å². The number of benzene rings is 1. The Balaban J connectivity index is 1.22. The van der Waals surface area contributed by atoms with Gasteiger partial charge in [-0.25, -0.2) is 4.79 Å². The van der Waals surface area contributed by atoms with Crippen molar-refractivity contribution in [3.8, 4) is 0 Å². The Morgan fingerprint density at radius 1 is 1.06 bits per heavy atom. The summed E-state index contributed by atoms with van der Waals surface area (Å²) in [7, 11) is 0. The van der Waals surface area contributed by atoms with E-state index in [1.807, 2.05) is 30.3 Å². The molecule has 0 atom stereocenters. The highest BCUT2D eigenvalue weighted by Gasteiger charge is 2.52. The molecule has 1 aromatic carbocycles. The Hall–Kier alpha value is -3.10. The van der Waals surface area contributed by atoms with E-state index in [9.17, 15) is 19.2 Å². The predicted molar refractivity (Wildman–Crippen MR) is 117 cm³/mol. The fourth-order valence-electron chi connectivity index (χ4n) is 4.67. The normalized spacial score (nSPS) is 25.8. The smallest absolute Gasteiger partial charge is 0.326 e. The molecular formula is C23H30N4O5. The zero-order valence-electron chi connectivity index (χ0n) is 18.4. The first-order valence-corrected chi connectivity index (χ1v) is 11.3. The van der Waals surface area contributed by atoms with Crippen LogP contribution in [0.5, 0.6) is 0 Å². The van der Waals surface area contributed by atoms with Gasteiger partial charge < -0.3 is 19.9 Å².